The van der Waals surface area contributed by atoms with Crippen molar-refractivity contribution >= 4 is 22.8 Å². The minimum Gasteiger partial charge on any atom is -0.309 e. The number of hydrogen-bond acceptors (Lipinski definition) is 2. The Bertz CT molecular complexity index is 548. The Hall–Kier alpha value is -1.09. The standard InChI is InChI=1S/C15H22ClN3/c1-4-5-6-7-12(3)19-14(10-16)18-13-9-8-11(2)17-15(13)19/h8-9,12H,4-7,10H2,1-3H3. The molecule has 4 heteroatoms. The van der Waals surface area contributed by atoms with Gasteiger partial charge in [-0.3, -0.25) is 0 Å². The minimum absolute atomic E-state index is 0.402. The number of rotatable bonds is 6. The molecule has 0 saturated carbocycles. The molecule has 0 aromatic carbocycles. The molecule has 1 unspecified atom stereocenters. The molecule has 0 saturated heterocycles. The second-order valence-corrected chi connectivity index (χ2v) is 5.44. The summed E-state index contributed by atoms with van der Waals surface area (Å²) in [6, 6.07) is 4.43. The molecule has 2 heterocycles. The predicted octanol–water partition coefficient (Wildman–Crippen LogP) is 4.62. The average Bonchev–Trinajstić information content (AvgIpc) is 2.76. The zero-order valence-electron chi connectivity index (χ0n) is 12.0. The number of aromatic nitrogens is 3. The molecule has 2 rings (SSSR count). The van der Waals surface area contributed by atoms with Gasteiger partial charge in [-0.2, -0.15) is 0 Å². The lowest BCUT2D eigenvalue weighted by atomic mass is 10.1. The van der Waals surface area contributed by atoms with E-state index in [1.165, 1.54) is 19.3 Å². The van der Waals surface area contributed by atoms with E-state index in [-0.39, 0.29) is 0 Å². The van der Waals surface area contributed by atoms with E-state index in [2.05, 4.69) is 28.4 Å². The van der Waals surface area contributed by atoms with Crippen molar-refractivity contribution in [3.05, 3.63) is 23.7 Å². The molecule has 2 aromatic heterocycles. The summed E-state index contributed by atoms with van der Waals surface area (Å²) in [6.07, 6.45) is 4.92. The lowest BCUT2D eigenvalue weighted by Gasteiger charge is -2.16. The Morgan fingerprint density at radius 3 is 2.74 bits per heavy atom. The van der Waals surface area contributed by atoms with Crippen LogP contribution in [0.4, 0.5) is 0 Å². The highest BCUT2D eigenvalue weighted by Gasteiger charge is 2.16. The van der Waals surface area contributed by atoms with Gasteiger partial charge < -0.3 is 4.57 Å². The summed E-state index contributed by atoms with van der Waals surface area (Å²) >= 11 is 6.04. The number of imidazole rings is 1. The van der Waals surface area contributed by atoms with Crippen LogP contribution in [0.15, 0.2) is 12.1 Å². The first-order valence-electron chi connectivity index (χ1n) is 7.07. The van der Waals surface area contributed by atoms with Crippen LogP contribution >= 0.6 is 11.6 Å². The van der Waals surface area contributed by atoms with Gasteiger partial charge in [0.05, 0.1) is 5.88 Å². The summed E-state index contributed by atoms with van der Waals surface area (Å²) in [5, 5.41) is 0. The highest BCUT2D eigenvalue weighted by atomic mass is 35.5. The van der Waals surface area contributed by atoms with Crippen LogP contribution in [-0.2, 0) is 5.88 Å². The van der Waals surface area contributed by atoms with Crippen LogP contribution in [-0.4, -0.2) is 14.5 Å². The van der Waals surface area contributed by atoms with Crippen LogP contribution in [0.25, 0.3) is 11.2 Å². The number of alkyl halides is 1. The number of pyridine rings is 1. The largest absolute Gasteiger partial charge is 0.309 e. The normalized spacial score (nSPS) is 13.1. The van der Waals surface area contributed by atoms with Gasteiger partial charge >= 0.3 is 0 Å². The Labute approximate surface area is 120 Å². The van der Waals surface area contributed by atoms with Gasteiger partial charge in [0.25, 0.3) is 0 Å². The van der Waals surface area contributed by atoms with Crippen molar-refractivity contribution in [2.24, 2.45) is 0 Å². The van der Waals surface area contributed by atoms with Gasteiger partial charge in [0.1, 0.15) is 11.3 Å². The van der Waals surface area contributed by atoms with E-state index in [1.54, 1.807) is 0 Å². The van der Waals surface area contributed by atoms with Crippen molar-refractivity contribution in [2.75, 3.05) is 0 Å². The van der Waals surface area contributed by atoms with E-state index in [4.69, 9.17) is 11.6 Å². The maximum absolute atomic E-state index is 6.04. The van der Waals surface area contributed by atoms with Crippen molar-refractivity contribution in [1.29, 1.82) is 0 Å². The quantitative estimate of drug-likeness (QED) is 0.571. The summed E-state index contributed by atoms with van der Waals surface area (Å²) in [4.78, 5) is 9.23. The molecule has 0 amide bonds. The van der Waals surface area contributed by atoms with Crippen molar-refractivity contribution in [3.63, 3.8) is 0 Å². The third-order valence-corrected chi connectivity index (χ3v) is 3.77. The van der Waals surface area contributed by atoms with E-state index < -0.39 is 0 Å². The van der Waals surface area contributed by atoms with Crippen molar-refractivity contribution in [2.45, 2.75) is 58.4 Å². The first-order valence-corrected chi connectivity index (χ1v) is 7.61. The van der Waals surface area contributed by atoms with Gasteiger partial charge in [-0.1, -0.05) is 26.2 Å². The Kier molecular flexibility index (Phi) is 4.81. The molecule has 0 aliphatic rings. The lowest BCUT2D eigenvalue weighted by molar-refractivity contribution is 0.475. The Morgan fingerprint density at radius 1 is 1.26 bits per heavy atom. The van der Waals surface area contributed by atoms with E-state index in [0.29, 0.717) is 11.9 Å². The maximum Gasteiger partial charge on any atom is 0.160 e. The SMILES string of the molecule is CCCCCC(C)n1c(CCl)nc2ccc(C)nc21. The fourth-order valence-electron chi connectivity index (χ4n) is 2.49. The number of fused-ring (bicyclic) bond motifs is 1. The highest BCUT2D eigenvalue weighted by Crippen LogP contribution is 2.24. The fourth-order valence-corrected chi connectivity index (χ4v) is 2.68. The second kappa shape index (κ2) is 6.38. The van der Waals surface area contributed by atoms with Gasteiger partial charge in [0, 0.05) is 11.7 Å². The number of aryl methyl sites for hydroxylation is 1. The number of unbranched alkanes of at least 4 members (excludes halogenated alkanes) is 2. The topological polar surface area (TPSA) is 30.7 Å². The summed E-state index contributed by atoms with van der Waals surface area (Å²) in [6.45, 7) is 6.47. The van der Waals surface area contributed by atoms with E-state index in [0.717, 1.165) is 29.1 Å². The molecule has 0 fully saturated rings. The molecular formula is C15H22ClN3. The molecule has 2 aromatic rings. The van der Waals surface area contributed by atoms with Crippen molar-refractivity contribution in [1.82, 2.24) is 14.5 Å². The Balaban J connectivity index is 2.35. The lowest BCUT2D eigenvalue weighted by Crippen LogP contribution is -2.09. The molecular weight excluding hydrogens is 258 g/mol. The monoisotopic (exact) mass is 279 g/mol. The van der Waals surface area contributed by atoms with Crippen LogP contribution in [0.1, 0.15) is 57.1 Å². The van der Waals surface area contributed by atoms with Gasteiger partial charge in [-0.25, -0.2) is 9.97 Å². The Morgan fingerprint density at radius 2 is 2.05 bits per heavy atom. The third kappa shape index (κ3) is 3.08. The molecule has 3 nitrogen and oxygen atoms in total. The van der Waals surface area contributed by atoms with Crippen LogP contribution in [0.2, 0.25) is 0 Å². The first-order chi connectivity index (χ1) is 9.17. The number of hydrogen-bond donors (Lipinski definition) is 0. The average molecular weight is 280 g/mol. The molecule has 0 spiro atoms. The van der Waals surface area contributed by atoms with Gasteiger partial charge in [0.2, 0.25) is 0 Å². The highest BCUT2D eigenvalue weighted by molar-refractivity contribution is 6.16. The van der Waals surface area contributed by atoms with Gasteiger partial charge in [0.15, 0.2) is 5.65 Å². The number of nitrogens with zero attached hydrogens (tertiary/aromatic N) is 3. The van der Waals surface area contributed by atoms with Gasteiger partial charge in [-0.15, -0.1) is 11.6 Å². The predicted molar refractivity (Wildman–Crippen MR) is 80.7 cm³/mol. The summed E-state index contributed by atoms with van der Waals surface area (Å²) in [5.41, 5.74) is 2.94. The molecule has 19 heavy (non-hydrogen) atoms. The molecule has 0 aliphatic heterocycles. The zero-order valence-corrected chi connectivity index (χ0v) is 12.7. The molecule has 0 aliphatic carbocycles. The minimum atomic E-state index is 0.402. The van der Waals surface area contributed by atoms with Crippen LogP contribution in [0, 0.1) is 6.92 Å². The summed E-state index contributed by atoms with van der Waals surface area (Å²) in [5.74, 6) is 1.37. The third-order valence-electron chi connectivity index (χ3n) is 3.54. The summed E-state index contributed by atoms with van der Waals surface area (Å²) < 4.78 is 2.21. The van der Waals surface area contributed by atoms with Crippen LogP contribution in [0.3, 0.4) is 0 Å². The molecule has 104 valence electrons. The molecule has 0 bridgehead atoms. The number of halogens is 1. The van der Waals surface area contributed by atoms with Gasteiger partial charge in [-0.05, 0) is 32.4 Å². The smallest absolute Gasteiger partial charge is 0.160 e. The molecule has 0 radical (unpaired) electrons. The fraction of sp³-hybridized carbons (Fsp3) is 0.600. The summed E-state index contributed by atoms with van der Waals surface area (Å²) in [7, 11) is 0. The first kappa shape index (κ1) is 14.3. The maximum atomic E-state index is 6.04. The molecule has 0 N–H and O–H groups in total. The zero-order chi connectivity index (χ0) is 13.8. The van der Waals surface area contributed by atoms with E-state index >= 15 is 0 Å². The van der Waals surface area contributed by atoms with Crippen molar-refractivity contribution < 1.29 is 0 Å². The second-order valence-electron chi connectivity index (χ2n) is 5.17. The van der Waals surface area contributed by atoms with Crippen LogP contribution < -0.4 is 0 Å². The van der Waals surface area contributed by atoms with Crippen LogP contribution in [0.5, 0.6) is 0 Å². The van der Waals surface area contributed by atoms with E-state index in [1.807, 2.05) is 19.1 Å². The van der Waals surface area contributed by atoms with Crippen molar-refractivity contribution in [3.8, 4) is 0 Å². The van der Waals surface area contributed by atoms with E-state index in [9.17, 15) is 0 Å². The molecule has 1 atom stereocenters.